The molecule has 0 atom stereocenters. The van der Waals surface area contributed by atoms with Gasteiger partial charge in [0, 0.05) is 41.8 Å². The van der Waals surface area contributed by atoms with E-state index < -0.39 is 0 Å². The lowest BCUT2D eigenvalue weighted by molar-refractivity contribution is 0.0546. The summed E-state index contributed by atoms with van der Waals surface area (Å²) in [5, 5.41) is 0.411. The number of benzene rings is 1. The summed E-state index contributed by atoms with van der Waals surface area (Å²) >= 11 is 0. The first-order valence-corrected chi connectivity index (χ1v) is 6.15. The molecule has 1 saturated heterocycles. The minimum Gasteiger partial charge on any atom is -0.381 e. The molecule has 94 valence electrons. The summed E-state index contributed by atoms with van der Waals surface area (Å²) < 4.78 is 19.1. The molecule has 2 heterocycles. The molecule has 1 aliphatic heterocycles. The van der Waals surface area contributed by atoms with E-state index in [9.17, 15) is 9.18 Å². The lowest BCUT2D eigenvalue weighted by atomic mass is 9.91. The summed E-state index contributed by atoms with van der Waals surface area (Å²) in [7, 11) is 0. The SMILES string of the molecule is O=C(c1c[nH]c2cccc(F)c12)C1CCOCC1. The molecule has 0 bridgehead atoms. The summed E-state index contributed by atoms with van der Waals surface area (Å²) in [6, 6.07) is 4.80. The van der Waals surface area contributed by atoms with Crippen molar-refractivity contribution in [1.29, 1.82) is 0 Å². The molecule has 0 amide bonds. The lowest BCUT2D eigenvalue weighted by Gasteiger charge is -2.20. The summed E-state index contributed by atoms with van der Waals surface area (Å²) in [4.78, 5) is 15.3. The van der Waals surface area contributed by atoms with E-state index in [-0.39, 0.29) is 17.5 Å². The number of rotatable bonds is 2. The van der Waals surface area contributed by atoms with Crippen LogP contribution in [0.1, 0.15) is 23.2 Å². The van der Waals surface area contributed by atoms with E-state index in [1.807, 2.05) is 0 Å². The fraction of sp³-hybridized carbons (Fsp3) is 0.357. The Labute approximate surface area is 104 Å². The predicted molar refractivity (Wildman–Crippen MR) is 66.1 cm³/mol. The lowest BCUT2D eigenvalue weighted by Crippen LogP contribution is -2.23. The number of fused-ring (bicyclic) bond motifs is 1. The molecule has 4 heteroatoms. The average Bonchev–Trinajstić information content (AvgIpc) is 2.84. The minimum atomic E-state index is -0.343. The summed E-state index contributed by atoms with van der Waals surface area (Å²) in [6.45, 7) is 1.22. The van der Waals surface area contributed by atoms with Crippen molar-refractivity contribution in [3.8, 4) is 0 Å². The number of ether oxygens (including phenoxy) is 1. The Kier molecular flexibility index (Phi) is 2.88. The van der Waals surface area contributed by atoms with Crippen LogP contribution in [0.4, 0.5) is 4.39 Å². The van der Waals surface area contributed by atoms with Crippen LogP contribution in [0.2, 0.25) is 0 Å². The first kappa shape index (κ1) is 11.4. The third-order valence-corrected chi connectivity index (χ3v) is 3.51. The van der Waals surface area contributed by atoms with Crippen LogP contribution in [0.3, 0.4) is 0 Å². The molecule has 1 aromatic carbocycles. The van der Waals surface area contributed by atoms with Crippen LogP contribution in [0.25, 0.3) is 10.9 Å². The number of halogens is 1. The number of hydrogen-bond donors (Lipinski definition) is 1. The normalized spacial score (nSPS) is 17.2. The molecule has 0 aliphatic carbocycles. The average molecular weight is 247 g/mol. The van der Waals surface area contributed by atoms with Crippen molar-refractivity contribution in [1.82, 2.24) is 4.98 Å². The van der Waals surface area contributed by atoms with Gasteiger partial charge in [0.15, 0.2) is 5.78 Å². The third kappa shape index (κ3) is 1.82. The van der Waals surface area contributed by atoms with Crippen LogP contribution in [-0.2, 0) is 4.74 Å². The van der Waals surface area contributed by atoms with E-state index in [2.05, 4.69) is 4.98 Å². The summed E-state index contributed by atoms with van der Waals surface area (Å²) in [5.74, 6) is -0.365. The van der Waals surface area contributed by atoms with Gasteiger partial charge in [-0.15, -0.1) is 0 Å². The van der Waals surface area contributed by atoms with Crippen LogP contribution in [0.15, 0.2) is 24.4 Å². The van der Waals surface area contributed by atoms with Crippen LogP contribution in [-0.4, -0.2) is 24.0 Å². The number of aromatic nitrogens is 1. The van der Waals surface area contributed by atoms with Gasteiger partial charge in [0.1, 0.15) is 5.82 Å². The number of carbonyl (C=O) groups is 1. The number of aromatic amines is 1. The Bertz CT molecular complexity index is 584. The number of nitrogens with one attached hydrogen (secondary N) is 1. The third-order valence-electron chi connectivity index (χ3n) is 3.51. The van der Waals surface area contributed by atoms with E-state index in [4.69, 9.17) is 4.74 Å². The zero-order valence-corrected chi connectivity index (χ0v) is 9.91. The number of hydrogen-bond acceptors (Lipinski definition) is 2. The van der Waals surface area contributed by atoms with Crippen molar-refractivity contribution in [2.24, 2.45) is 5.92 Å². The highest BCUT2D eigenvalue weighted by atomic mass is 19.1. The molecule has 0 radical (unpaired) electrons. The highest BCUT2D eigenvalue weighted by Crippen LogP contribution is 2.27. The van der Waals surface area contributed by atoms with Gasteiger partial charge in [-0.3, -0.25) is 4.79 Å². The van der Waals surface area contributed by atoms with Gasteiger partial charge in [-0.05, 0) is 25.0 Å². The fourth-order valence-electron chi connectivity index (χ4n) is 2.51. The van der Waals surface area contributed by atoms with Crippen molar-refractivity contribution in [3.05, 3.63) is 35.8 Å². The first-order chi connectivity index (χ1) is 8.77. The summed E-state index contributed by atoms with van der Waals surface area (Å²) in [6.07, 6.45) is 3.06. The predicted octanol–water partition coefficient (Wildman–Crippen LogP) is 2.92. The topological polar surface area (TPSA) is 42.1 Å². The second-order valence-corrected chi connectivity index (χ2v) is 4.62. The van der Waals surface area contributed by atoms with E-state index in [1.165, 1.54) is 6.07 Å². The second-order valence-electron chi connectivity index (χ2n) is 4.62. The molecule has 2 aromatic rings. The molecule has 3 rings (SSSR count). The highest BCUT2D eigenvalue weighted by molar-refractivity contribution is 6.09. The maximum atomic E-state index is 13.8. The molecule has 1 N–H and O–H groups in total. The Morgan fingerprint density at radius 1 is 1.33 bits per heavy atom. The van der Waals surface area contributed by atoms with E-state index in [1.54, 1.807) is 18.3 Å². The Morgan fingerprint density at radius 2 is 2.11 bits per heavy atom. The maximum absolute atomic E-state index is 13.8. The van der Waals surface area contributed by atoms with Crippen molar-refractivity contribution >= 4 is 16.7 Å². The van der Waals surface area contributed by atoms with Gasteiger partial charge in [-0.2, -0.15) is 0 Å². The molecule has 0 unspecified atom stereocenters. The van der Waals surface area contributed by atoms with Gasteiger partial charge in [-0.25, -0.2) is 4.39 Å². The Hall–Kier alpha value is -1.68. The standard InChI is InChI=1S/C14H14FNO2/c15-11-2-1-3-12-13(11)10(8-16-12)14(17)9-4-6-18-7-5-9/h1-3,8-9,16H,4-7H2. The van der Waals surface area contributed by atoms with Gasteiger partial charge < -0.3 is 9.72 Å². The quantitative estimate of drug-likeness (QED) is 0.829. The molecule has 1 aromatic heterocycles. The van der Waals surface area contributed by atoms with E-state index >= 15 is 0 Å². The van der Waals surface area contributed by atoms with Crippen molar-refractivity contribution in [2.45, 2.75) is 12.8 Å². The van der Waals surface area contributed by atoms with E-state index in [0.29, 0.717) is 29.7 Å². The smallest absolute Gasteiger partial charge is 0.168 e. The van der Waals surface area contributed by atoms with E-state index in [0.717, 1.165) is 12.8 Å². The van der Waals surface area contributed by atoms with Gasteiger partial charge in [0.2, 0.25) is 0 Å². The molecule has 0 saturated carbocycles. The minimum absolute atomic E-state index is 0.0228. The number of Topliss-reactive ketones (excluding diaryl/α,β-unsaturated/α-hetero) is 1. The van der Waals surface area contributed by atoms with Crippen molar-refractivity contribution in [3.63, 3.8) is 0 Å². The van der Waals surface area contributed by atoms with Gasteiger partial charge in [0.05, 0.1) is 0 Å². The van der Waals surface area contributed by atoms with Crippen LogP contribution < -0.4 is 0 Å². The fourth-order valence-corrected chi connectivity index (χ4v) is 2.51. The molecular formula is C14H14FNO2. The van der Waals surface area contributed by atoms with Gasteiger partial charge in [0.25, 0.3) is 0 Å². The first-order valence-electron chi connectivity index (χ1n) is 6.15. The zero-order valence-electron chi connectivity index (χ0n) is 9.91. The Balaban J connectivity index is 2.01. The van der Waals surface area contributed by atoms with Crippen molar-refractivity contribution in [2.75, 3.05) is 13.2 Å². The summed E-state index contributed by atoms with van der Waals surface area (Å²) in [5.41, 5.74) is 1.14. The molecule has 0 spiro atoms. The van der Waals surface area contributed by atoms with Crippen molar-refractivity contribution < 1.29 is 13.9 Å². The van der Waals surface area contributed by atoms with Gasteiger partial charge >= 0.3 is 0 Å². The number of carbonyl (C=O) groups excluding carboxylic acids is 1. The second kappa shape index (κ2) is 4.53. The molecule has 1 aliphatic rings. The number of ketones is 1. The van der Waals surface area contributed by atoms with Crippen LogP contribution in [0.5, 0.6) is 0 Å². The molecule has 3 nitrogen and oxygen atoms in total. The number of H-pyrrole nitrogens is 1. The zero-order chi connectivity index (χ0) is 12.5. The van der Waals surface area contributed by atoms with Gasteiger partial charge in [-0.1, -0.05) is 6.07 Å². The Morgan fingerprint density at radius 3 is 2.89 bits per heavy atom. The monoisotopic (exact) mass is 247 g/mol. The molecule has 18 heavy (non-hydrogen) atoms. The van der Waals surface area contributed by atoms with Crippen LogP contribution >= 0.6 is 0 Å². The maximum Gasteiger partial charge on any atom is 0.168 e. The highest BCUT2D eigenvalue weighted by Gasteiger charge is 2.25. The van der Waals surface area contributed by atoms with Crippen LogP contribution in [0, 0.1) is 11.7 Å². The molecule has 1 fully saturated rings. The largest absolute Gasteiger partial charge is 0.381 e. The molecular weight excluding hydrogens is 233 g/mol.